The highest BCUT2D eigenvalue weighted by atomic mass is 35.5. The van der Waals surface area contributed by atoms with Crippen molar-refractivity contribution in [3.05, 3.63) is 64.7 Å². The zero-order chi connectivity index (χ0) is 14.5. The van der Waals surface area contributed by atoms with Gasteiger partial charge in [-0.2, -0.15) is 5.10 Å². The van der Waals surface area contributed by atoms with E-state index in [1.165, 1.54) is 12.1 Å². The number of aromatic carboxylic acids is 1. The number of carbonyl (C=O) groups excluding carboxylic acids is 1. The Bertz CT molecular complexity index is 668. The van der Waals surface area contributed by atoms with Crippen molar-refractivity contribution in [2.45, 2.75) is 6.92 Å². The van der Waals surface area contributed by atoms with E-state index in [0.29, 0.717) is 10.7 Å². The van der Waals surface area contributed by atoms with E-state index in [-0.39, 0.29) is 5.56 Å². The summed E-state index contributed by atoms with van der Waals surface area (Å²) in [5.41, 5.74) is 5.12. The Kier molecular flexibility index (Phi) is 4.38. The van der Waals surface area contributed by atoms with Gasteiger partial charge in [-0.3, -0.25) is 5.43 Å². The van der Waals surface area contributed by atoms with Crippen molar-refractivity contribution in [1.29, 1.82) is 0 Å². The first-order valence-corrected chi connectivity index (χ1v) is 6.32. The van der Waals surface area contributed by atoms with Gasteiger partial charge in [-0.15, -0.1) is 0 Å². The molecule has 0 unspecified atom stereocenters. The first kappa shape index (κ1) is 14.1. The molecule has 0 heterocycles. The van der Waals surface area contributed by atoms with E-state index in [2.05, 4.69) is 10.5 Å². The molecule has 2 rings (SSSR count). The summed E-state index contributed by atoms with van der Waals surface area (Å²) in [6.45, 7) is 1.83. The van der Waals surface area contributed by atoms with Crippen LogP contribution >= 0.6 is 11.6 Å². The number of carboxylic acids is 1. The predicted molar refractivity (Wildman–Crippen MR) is 78.1 cm³/mol. The van der Waals surface area contributed by atoms with E-state index < -0.39 is 5.97 Å². The van der Waals surface area contributed by atoms with Crippen LogP contribution in [0.5, 0.6) is 0 Å². The van der Waals surface area contributed by atoms with Gasteiger partial charge in [-0.25, -0.2) is 0 Å². The maximum atomic E-state index is 10.8. The van der Waals surface area contributed by atoms with Gasteiger partial charge in [0.05, 0.1) is 17.4 Å². The van der Waals surface area contributed by atoms with Crippen LogP contribution in [-0.2, 0) is 0 Å². The third-order valence-corrected chi connectivity index (χ3v) is 2.93. The number of nitrogens with one attached hydrogen (secondary N) is 1. The fourth-order valence-corrected chi connectivity index (χ4v) is 1.83. The zero-order valence-corrected chi connectivity index (χ0v) is 11.5. The van der Waals surface area contributed by atoms with Crippen LogP contribution in [0.4, 0.5) is 5.69 Å². The zero-order valence-electron chi connectivity index (χ0n) is 10.8. The highest BCUT2D eigenvalue weighted by Crippen LogP contribution is 2.13. The average Bonchev–Trinajstić information content (AvgIpc) is 2.45. The SMILES string of the molecule is C/C(=N/Nc1cccc(C(=O)[O-])c1)c1cccc(Cl)c1. The molecule has 0 aliphatic heterocycles. The molecule has 2 aromatic rings. The molecule has 0 fully saturated rings. The summed E-state index contributed by atoms with van der Waals surface area (Å²) < 4.78 is 0. The van der Waals surface area contributed by atoms with Crippen molar-refractivity contribution >= 4 is 29.0 Å². The Hall–Kier alpha value is -2.33. The quantitative estimate of drug-likeness (QED) is 0.694. The predicted octanol–water partition coefficient (Wildman–Crippen LogP) is 2.54. The number of anilines is 1. The average molecular weight is 288 g/mol. The maximum Gasteiger partial charge on any atom is 0.0716 e. The Balaban J connectivity index is 2.16. The smallest absolute Gasteiger partial charge is 0.0716 e. The van der Waals surface area contributed by atoms with Gasteiger partial charge in [-0.05, 0) is 42.3 Å². The minimum Gasteiger partial charge on any atom is -0.545 e. The fourth-order valence-electron chi connectivity index (χ4n) is 1.64. The molecule has 0 aromatic heterocycles. The van der Waals surface area contributed by atoms with Gasteiger partial charge >= 0.3 is 0 Å². The van der Waals surface area contributed by atoms with Crippen molar-refractivity contribution in [1.82, 2.24) is 0 Å². The molecule has 0 spiro atoms. The summed E-state index contributed by atoms with van der Waals surface area (Å²) in [6.07, 6.45) is 0. The molecule has 1 N–H and O–H groups in total. The third kappa shape index (κ3) is 3.59. The van der Waals surface area contributed by atoms with E-state index in [9.17, 15) is 9.90 Å². The molecular formula is C15H12ClN2O2-. The van der Waals surface area contributed by atoms with Crippen LogP contribution < -0.4 is 10.5 Å². The highest BCUT2D eigenvalue weighted by molar-refractivity contribution is 6.31. The normalized spacial score (nSPS) is 11.2. The van der Waals surface area contributed by atoms with Crippen LogP contribution in [0.25, 0.3) is 0 Å². The molecule has 0 aliphatic carbocycles. The summed E-state index contributed by atoms with van der Waals surface area (Å²) in [5, 5.41) is 15.6. The van der Waals surface area contributed by atoms with Crippen LogP contribution in [0.2, 0.25) is 5.02 Å². The molecule has 0 amide bonds. The third-order valence-electron chi connectivity index (χ3n) is 2.69. The molecule has 0 atom stereocenters. The standard InChI is InChI=1S/C15H13ClN2O2/c1-10(11-4-2-6-13(16)8-11)17-18-14-7-3-5-12(9-14)15(19)20/h2-9,18H,1H3,(H,19,20)/p-1/b17-10-. The van der Waals surface area contributed by atoms with Gasteiger partial charge in [0.2, 0.25) is 0 Å². The lowest BCUT2D eigenvalue weighted by molar-refractivity contribution is -0.255. The lowest BCUT2D eigenvalue weighted by Crippen LogP contribution is -2.22. The maximum absolute atomic E-state index is 10.8. The second-order valence-corrected chi connectivity index (χ2v) is 4.62. The number of hydrogen-bond donors (Lipinski definition) is 1. The van der Waals surface area contributed by atoms with Gasteiger partial charge in [0.15, 0.2) is 0 Å². The van der Waals surface area contributed by atoms with Gasteiger partial charge in [0, 0.05) is 5.02 Å². The van der Waals surface area contributed by atoms with Gasteiger partial charge in [0.25, 0.3) is 0 Å². The molecule has 0 saturated carbocycles. The number of nitrogens with zero attached hydrogens (tertiary/aromatic N) is 1. The number of halogens is 1. The van der Waals surface area contributed by atoms with Crippen molar-refractivity contribution in [2.24, 2.45) is 5.10 Å². The Morgan fingerprint density at radius 3 is 2.55 bits per heavy atom. The Morgan fingerprint density at radius 1 is 1.15 bits per heavy atom. The van der Waals surface area contributed by atoms with Crippen LogP contribution in [0, 0.1) is 0 Å². The molecule has 0 radical (unpaired) electrons. The molecule has 0 aliphatic rings. The number of carbonyl (C=O) groups is 1. The number of hydrogen-bond acceptors (Lipinski definition) is 4. The summed E-state index contributed by atoms with van der Waals surface area (Å²) in [6, 6.07) is 13.6. The monoisotopic (exact) mass is 287 g/mol. The lowest BCUT2D eigenvalue weighted by atomic mass is 10.1. The molecule has 0 bridgehead atoms. The summed E-state index contributed by atoms with van der Waals surface area (Å²) in [4.78, 5) is 10.8. The number of carboxylic acid groups (broad SMARTS) is 1. The van der Waals surface area contributed by atoms with Crippen LogP contribution in [0.15, 0.2) is 53.6 Å². The van der Waals surface area contributed by atoms with E-state index in [4.69, 9.17) is 11.6 Å². The minimum atomic E-state index is -1.22. The van der Waals surface area contributed by atoms with E-state index in [0.717, 1.165) is 11.3 Å². The van der Waals surface area contributed by atoms with E-state index in [1.54, 1.807) is 24.3 Å². The van der Waals surface area contributed by atoms with E-state index >= 15 is 0 Å². The molecule has 5 heteroatoms. The first-order valence-electron chi connectivity index (χ1n) is 5.94. The second-order valence-electron chi connectivity index (χ2n) is 4.19. The van der Waals surface area contributed by atoms with Crippen molar-refractivity contribution in [3.63, 3.8) is 0 Å². The largest absolute Gasteiger partial charge is 0.545 e. The molecular weight excluding hydrogens is 276 g/mol. The number of benzene rings is 2. The molecule has 0 saturated heterocycles. The van der Waals surface area contributed by atoms with Gasteiger partial charge < -0.3 is 9.90 Å². The van der Waals surface area contributed by atoms with Crippen molar-refractivity contribution in [2.75, 3.05) is 5.43 Å². The minimum absolute atomic E-state index is 0.102. The van der Waals surface area contributed by atoms with Crippen molar-refractivity contribution in [3.8, 4) is 0 Å². The first-order chi connectivity index (χ1) is 9.56. The van der Waals surface area contributed by atoms with Gasteiger partial charge in [-0.1, -0.05) is 35.9 Å². The molecule has 4 nitrogen and oxygen atoms in total. The molecule has 102 valence electrons. The molecule has 20 heavy (non-hydrogen) atoms. The fraction of sp³-hybridized carbons (Fsp3) is 0.0667. The van der Waals surface area contributed by atoms with Crippen LogP contribution in [0.3, 0.4) is 0 Å². The Morgan fingerprint density at radius 2 is 1.85 bits per heavy atom. The summed E-state index contributed by atoms with van der Waals surface area (Å²) >= 11 is 5.91. The topological polar surface area (TPSA) is 64.5 Å². The van der Waals surface area contributed by atoms with Crippen molar-refractivity contribution < 1.29 is 9.90 Å². The summed E-state index contributed by atoms with van der Waals surface area (Å²) in [7, 11) is 0. The lowest BCUT2D eigenvalue weighted by Gasteiger charge is -2.07. The second kappa shape index (κ2) is 6.21. The highest BCUT2D eigenvalue weighted by Gasteiger charge is 1.99. The van der Waals surface area contributed by atoms with E-state index in [1.807, 2.05) is 19.1 Å². The van der Waals surface area contributed by atoms with Crippen LogP contribution in [0.1, 0.15) is 22.8 Å². The Labute approximate surface area is 121 Å². The van der Waals surface area contributed by atoms with Crippen LogP contribution in [-0.4, -0.2) is 11.7 Å². The molecule has 2 aromatic carbocycles. The summed E-state index contributed by atoms with van der Waals surface area (Å²) in [5.74, 6) is -1.22. The number of rotatable bonds is 4. The number of hydrazone groups is 1. The van der Waals surface area contributed by atoms with Gasteiger partial charge in [0.1, 0.15) is 0 Å².